The minimum atomic E-state index is 0. The predicted octanol–water partition coefficient (Wildman–Crippen LogP) is 5.19. The molecule has 1 heterocycles. The van der Waals surface area contributed by atoms with Crippen molar-refractivity contribution in [3.05, 3.63) is 72.1 Å². The summed E-state index contributed by atoms with van der Waals surface area (Å²) in [6.45, 7) is 0. The molecule has 0 radical (unpaired) electrons. The van der Waals surface area contributed by atoms with E-state index in [1.165, 1.54) is 21.6 Å². The molecule has 2 aromatic carbocycles. The van der Waals surface area contributed by atoms with E-state index in [4.69, 9.17) is 0 Å². The monoisotopic (exact) mass is 270 g/mol. The third-order valence-electron chi connectivity index (χ3n) is 2.79. The fraction of sp³-hybridized carbons (Fsp3) is 0. The number of benzene rings is 2. The van der Waals surface area contributed by atoms with E-state index >= 15 is 0 Å². The van der Waals surface area contributed by atoms with Crippen LogP contribution in [0.2, 0.25) is 0 Å². The highest BCUT2D eigenvalue weighted by molar-refractivity contribution is 7.59. The summed E-state index contributed by atoms with van der Waals surface area (Å²) in [5.41, 5.74) is 3.90. The number of hydrogen-bond donors (Lipinski definition) is 0. The SMILES string of the molecule is S.c1ccc(-c2ccsc2-c2ccccc2)cc1. The molecule has 3 aromatic rings. The quantitative estimate of drug-likeness (QED) is 0.601. The molecule has 0 aliphatic carbocycles. The maximum Gasteiger partial charge on any atom is 0.0421 e. The summed E-state index contributed by atoms with van der Waals surface area (Å²) in [5, 5.41) is 2.16. The molecule has 3 rings (SSSR count). The Hall–Kier alpha value is -1.51. The molecule has 0 saturated carbocycles. The molecule has 0 unspecified atom stereocenters. The standard InChI is InChI=1S/C16H12S.H2S/c1-3-7-13(8-4-1)15-11-12-17-16(15)14-9-5-2-6-10-14;/h1-12H;1H2. The van der Waals surface area contributed by atoms with Crippen LogP contribution in [-0.4, -0.2) is 0 Å². The molecule has 0 fully saturated rings. The maximum atomic E-state index is 2.20. The fourth-order valence-corrected chi connectivity index (χ4v) is 2.89. The molecule has 0 aliphatic rings. The van der Waals surface area contributed by atoms with Crippen molar-refractivity contribution < 1.29 is 0 Å². The second-order valence-corrected chi connectivity index (χ2v) is 4.81. The van der Waals surface area contributed by atoms with E-state index in [-0.39, 0.29) is 13.5 Å². The first-order chi connectivity index (χ1) is 8.45. The van der Waals surface area contributed by atoms with Gasteiger partial charge in [0, 0.05) is 10.4 Å². The van der Waals surface area contributed by atoms with Crippen LogP contribution in [0.25, 0.3) is 21.6 Å². The van der Waals surface area contributed by atoms with Gasteiger partial charge in [0.2, 0.25) is 0 Å². The van der Waals surface area contributed by atoms with Gasteiger partial charge in [-0.3, -0.25) is 0 Å². The largest absolute Gasteiger partial charge is 0.197 e. The van der Waals surface area contributed by atoms with Gasteiger partial charge in [0.15, 0.2) is 0 Å². The minimum absolute atomic E-state index is 0. The molecule has 0 N–H and O–H groups in total. The highest BCUT2D eigenvalue weighted by atomic mass is 32.1. The summed E-state index contributed by atoms with van der Waals surface area (Å²) < 4.78 is 0. The number of thiophene rings is 1. The van der Waals surface area contributed by atoms with Crippen molar-refractivity contribution in [2.75, 3.05) is 0 Å². The first kappa shape index (κ1) is 12.9. The second kappa shape index (κ2) is 5.89. The van der Waals surface area contributed by atoms with Crippen molar-refractivity contribution >= 4 is 24.8 Å². The molecule has 2 heteroatoms. The molecule has 0 amide bonds. The van der Waals surface area contributed by atoms with Crippen LogP contribution >= 0.6 is 24.8 Å². The predicted molar refractivity (Wildman–Crippen MR) is 85.6 cm³/mol. The van der Waals surface area contributed by atoms with Gasteiger partial charge in [0.25, 0.3) is 0 Å². The molecule has 0 spiro atoms. The van der Waals surface area contributed by atoms with E-state index < -0.39 is 0 Å². The van der Waals surface area contributed by atoms with Crippen LogP contribution in [0.15, 0.2) is 72.1 Å². The fourth-order valence-electron chi connectivity index (χ4n) is 1.97. The van der Waals surface area contributed by atoms with Gasteiger partial charge in [0.05, 0.1) is 0 Å². The van der Waals surface area contributed by atoms with E-state index in [0.717, 1.165) is 0 Å². The van der Waals surface area contributed by atoms with Gasteiger partial charge >= 0.3 is 0 Å². The Morgan fingerprint density at radius 2 is 1.17 bits per heavy atom. The zero-order valence-corrected chi connectivity index (χ0v) is 11.7. The first-order valence-corrected chi connectivity index (χ1v) is 6.51. The Kier molecular flexibility index (Phi) is 4.24. The molecular formula is C16H14S2. The Morgan fingerprint density at radius 1 is 0.611 bits per heavy atom. The number of hydrogen-bond acceptors (Lipinski definition) is 1. The summed E-state index contributed by atoms with van der Waals surface area (Å²) in [6.07, 6.45) is 0. The average Bonchev–Trinajstić information content (AvgIpc) is 2.90. The molecule has 0 aliphatic heterocycles. The molecule has 1 aromatic heterocycles. The van der Waals surface area contributed by atoms with Gasteiger partial charge in [0.1, 0.15) is 0 Å². The van der Waals surface area contributed by atoms with Crippen molar-refractivity contribution in [2.24, 2.45) is 0 Å². The third kappa shape index (κ3) is 2.50. The zero-order chi connectivity index (χ0) is 11.5. The molecule has 0 saturated heterocycles. The topological polar surface area (TPSA) is 0 Å². The van der Waals surface area contributed by atoms with Gasteiger partial charge in [-0.2, -0.15) is 13.5 Å². The lowest BCUT2D eigenvalue weighted by Crippen LogP contribution is -1.77. The van der Waals surface area contributed by atoms with Crippen molar-refractivity contribution in [3.8, 4) is 21.6 Å². The molecular weight excluding hydrogens is 256 g/mol. The zero-order valence-electron chi connectivity index (χ0n) is 9.84. The average molecular weight is 270 g/mol. The van der Waals surface area contributed by atoms with Crippen molar-refractivity contribution in [3.63, 3.8) is 0 Å². The van der Waals surface area contributed by atoms with E-state index in [0.29, 0.717) is 0 Å². The minimum Gasteiger partial charge on any atom is -0.197 e. The highest BCUT2D eigenvalue weighted by Crippen LogP contribution is 2.36. The lowest BCUT2D eigenvalue weighted by Gasteiger charge is -2.03. The van der Waals surface area contributed by atoms with Crippen molar-refractivity contribution in [2.45, 2.75) is 0 Å². The first-order valence-electron chi connectivity index (χ1n) is 5.63. The Balaban J connectivity index is 0.00000120. The Labute approximate surface area is 118 Å². The summed E-state index contributed by atoms with van der Waals surface area (Å²) in [4.78, 5) is 1.34. The van der Waals surface area contributed by atoms with Crippen LogP contribution in [0.3, 0.4) is 0 Å². The molecule has 0 atom stereocenters. The summed E-state index contributed by atoms with van der Waals surface area (Å²) in [6, 6.07) is 23.3. The van der Waals surface area contributed by atoms with Crippen molar-refractivity contribution in [1.82, 2.24) is 0 Å². The second-order valence-electron chi connectivity index (χ2n) is 3.90. The third-order valence-corrected chi connectivity index (χ3v) is 3.75. The van der Waals surface area contributed by atoms with Gasteiger partial charge < -0.3 is 0 Å². The molecule has 0 bridgehead atoms. The van der Waals surface area contributed by atoms with Crippen LogP contribution in [-0.2, 0) is 0 Å². The molecule has 0 nitrogen and oxygen atoms in total. The maximum absolute atomic E-state index is 2.20. The van der Waals surface area contributed by atoms with Crippen LogP contribution in [0.1, 0.15) is 0 Å². The van der Waals surface area contributed by atoms with Gasteiger partial charge in [-0.15, -0.1) is 11.3 Å². The van der Waals surface area contributed by atoms with Crippen LogP contribution in [0.4, 0.5) is 0 Å². The van der Waals surface area contributed by atoms with Crippen LogP contribution in [0, 0.1) is 0 Å². The van der Waals surface area contributed by atoms with Gasteiger partial charge in [-0.1, -0.05) is 60.7 Å². The van der Waals surface area contributed by atoms with Gasteiger partial charge in [-0.25, -0.2) is 0 Å². The van der Waals surface area contributed by atoms with Crippen LogP contribution in [0.5, 0.6) is 0 Å². The van der Waals surface area contributed by atoms with Crippen LogP contribution < -0.4 is 0 Å². The summed E-state index contributed by atoms with van der Waals surface area (Å²) in [7, 11) is 0. The smallest absolute Gasteiger partial charge is 0.0421 e. The normalized spacial score (nSPS) is 9.78. The Morgan fingerprint density at radius 3 is 1.78 bits per heavy atom. The van der Waals surface area contributed by atoms with E-state index in [1.54, 1.807) is 11.3 Å². The van der Waals surface area contributed by atoms with E-state index in [2.05, 4.69) is 72.1 Å². The lowest BCUT2D eigenvalue weighted by atomic mass is 10.0. The molecule has 90 valence electrons. The molecule has 18 heavy (non-hydrogen) atoms. The van der Waals surface area contributed by atoms with E-state index in [9.17, 15) is 0 Å². The summed E-state index contributed by atoms with van der Waals surface area (Å²) in [5.74, 6) is 0. The van der Waals surface area contributed by atoms with Crippen molar-refractivity contribution in [1.29, 1.82) is 0 Å². The van der Waals surface area contributed by atoms with Gasteiger partial charge in [-0.05, 0) is 22.6 Å². The number of rotatable bonds is 2. The van der Waals surface area contributed by atoms with E-state index in [1.807, 2.05) is 0 Å². The highest BCUT2D eigenvalue weighted by Gasteiger charge is 2.07. The lowest BCUT2D eigenvalue weighted by molar-refractivity contribution is 1.65. The Bertz CT molecular complexity index is 543. The summed E-state index contributed by atoms with van der Waals surface area (Å²) >= 11 is 1.80.